The van der Waals surface area contributed by atoms with Crippen LogP contribution in [0, 0.1) is 0 Å². The Hall–Kier alpha value is -5.24. The maximum Gasteiger partial charge on any atom is 0.160 e. The molecule has 0 radical (unpaired) electrons. The lowest BCUT2D eigenvalue weighted by Crippen LogP contribution is -2.53. The molecule has 7 rings (SSSR count). The molecule has 0 saturated heterocycles. The Morgan fingerprint density at radius 3 is 1.30 bits per heavy atom. The van der Waals surface area contributed by atoms with E-state index in [9.17, 15) is 0 Å². The highest BCUT2D eigenvalue weighted by Crippen LogP contribution is 2.43. The summed E-state index contributed by atoms with van der Waals surface area (Å²) in [4.78, 5) is 34.3. The molecule has 5 aromatic rings. The van der Waals surface area contributed by atoms with Crippen LogP contribution >= 0.6 is 0 Å². The van der Waals surface area contributed by atoms with E-state index in [1.165, 1.54) is 5.56 Å². The van der Waals surface area contributed by atoms with Gasteiger partial charge in [0.2, 0.25) is 0 Å². The fraction of sp³-hybridized carbons (Fsp3) is 0.333. The first-order valence-corrected chi connectivity index (χ1v) is 17.3. The molecule has 2 aliphatic rings. The molecular weight excluding hydrogens is 617 g/mol. The largest absolute Gasteiger partial charge is 0.321 e. The summed E-state index contributed by atoms with van der Waals surface area (Å²) in [6.07, 6.45) is 7.57. The molecule has 2 aromatic carbocycles. The number of nitrogens with zero attached hydrogens (tertiary/aromatic N) is 8. The van der Waals surface area contributed by atoms with Gasteiger partial charge in [0.25, 0.3) is 0 Å². The van der Waals surface area contributed by atoms with E-state index in [2.05, 4.69) is 140 Å². The third kappa shape index (κ3) is 5.47. The topological polar surface area (TPSA) is 82.8 Å². The molecule has 3 aromatic heterocycles. The van der Waals surface area contributed by atoms with Crippen molar-refractivity contribution in [3.63, 3.8) is 0 Å². The molecule has 2 aliphatic heterocycles. The first-order chi connectivity index (χ1) is 23.6. The normalized spacial score (nSPS) is 18.6. The van der Waals surface area contributed by atoms with Crippen LogP contribution < -0.4 is 9.80 Å². The number of hydrogen-bond donors (Lipinski definition) is 0. The van der Waals surface area contributed by atoms with E-state index in [0.717, 1.165) is 56.7 Å². The van der Waals surface area contributed by atoms with E-state index >= 15 is 0 Å². The van der Waals surface area contributed by atoms with Crippen LogP contribution in [-0.4, -0.2) is 53.8 Å². The number of aliphatic imine (C=N–C) groups is 2. The summed E-state index contributed by atoms with van der Waals surface area (Å²) in [6.45, 7) is 21.8. The molecule has 0 aliphatic carbocycles. The summed E-state index contributed by atoms with van der Waals surface area (Å²) in [6, 6.07) is 25.2. The van der Waals surface area contributed by atoms with Gasteiger partial charge in [0, 0.05) is 29.1 Å². The van der Waals surface area contributed by atoms with Crippen LogP contribution in [0.1, 0.15) is 69.2 Å². The Balaban J connectivity index is 1.35. The third-order valence-corrected chi connectivity index (χ3v) is 11.2. The number of amidine groups is 2. The smallest absolute Gasteiger partial charge is 0.160 e. The second kappa shape index (κ2) is 11.7. The zero-order valence-electron chi connectivity index (χ0n) is 30.8. The minimum Gasteiger partial charge on any atom is -0.321 e. The van der Waals surface area contributed by atoms with Gasteiger partial charge in [-0.3, -0.25) is 20.0 Å². The number of rotatable bonds is 6. The van der Waals surface area contributed by atoms with Gasteiger partial charge in [-0.1, -0.05) is 54.6 Å². The van der Waals surface area contributed by atoms with Crippen LogP contribution in [0.15, 0.2) is 108 Å². The molecule has 0 fully saturated rings. The van der Waals surface area contributed by atoms with Gasteiger partial charge in [-0.25, -0.2) is 9.97 Å². The number of hydrogen-bond acceptors (Lipinski definition) is 8. The van der Waals surface area contributed by atoms with E-state index in [4.69, 9.17) is 29.9 Å². The fourth-order valence-corrected chi connectivity index (χ4v) is 7.25. The Kier molecular flexibility index (Phi) is 7.77. The Labute approximate surface area is 296 Å². The van der Waals surface area contributed by atoms with Crippen LogP contribution in [-0.2, 0) is 0 Å². The molecule has 5 heterocycles. The third-order valence-electron chi connectivity index (χ3n) is 11.2. The highest BCUT2D eigenvalue weighted by atomic mass is 15.3. The molecular formula is C42H46N8. The van der Waals surface area contributed by atoms with Crippen molar-refractivity contribution >= 4 is 23.0 Å². The highest BCUT2D eigenvalue weighted by molar-refractivity contribution is 6.01. The van der Waals surface area contributed by atoms with Crippen molar-refractivity contribution in [2.45, 2.75) is 91.4 Å². The lowest BCUT2D eigenvalue weighted by Gasteiger charge is -2.41. The molecule has 254 valence electrons. The van der Waals surface area contributed by atoms with Gasteiger partial charge in [0.05, 0.1) is 57.3 Å². The summed E-state index contributed by atoms with van der Waals surface area (Å²) in [5, 5.41) is 0. The SMILES string of the molecule is CC1=NC(C)(C)C(C)(C)N1c1cncc(-c2cc(-c3cncc(N4C(C)=NC(C)(C)C4(C)C)c3)nc(-c3ccc(-c4ccccc4)cc3)n2)c1. The van der Waals surface area contributed by atoms with E-state index in [0.29, 0.717) is 5.82 Å². The van der Waals surface area contributed by atoms with Crippen molar-refractivity contribution in [1.82, 2.24) is 19.9 Å². The van der Waals surface area contributed by atoms with Crippen LogP contribution in [0.4, 0.5) is 11.4 Å². The van der Waals surface area contributed by atoms with Gasteiger partial charge in [-0.05, 0) is 98.6 Å². The van der Waals surface area contributed by atoms with E-state index in [-0.39, 0.29) is 22.2 Å². The monoisotopic (exact) mass is 662 g/mol. The zero-order valence-corrected chi connectivity index (χ0v) is 30.8. The van der Waals surface area contributed by atoms with Gasteiger partial charge in [0.15, 0.2) is 5.82 Å². The predicted molar refractivity (Wildman–Crippen MR) is 207 cm³/mol. The molecule has 0 atom stereocenters. The maximum atomic E-state index is 5.16. The van der Waals surface area contributed by atoms with Crippen LogP contribution in [0.25, 0.3) is 45.0 Å². The Morgan fingerprint density at radius 1 is 0.460 bits per heavy atom. The van der Waals surface area contributed by atoms with Crippen molar-refractivity contribution in [1.29, 1.82) is 0 Å². The molecule has 0 spiro atoms. The van der Waals surface area contributed by atoms with Gasteiger partial charge < -0.3 is 9.80 Å². The Bertz CT molecular complexity index is 2030. The van der Waals surface area contributed by atoms with Gasteiger partial charge in [-0.2, -0.15) is 0 Å². The second-order valence-corrected chi connectivity index (χ2v) is 15.5. The van der Waals surface area contributed by atoms with Gasteiger partial charge in [0.1, 0.15) is 11.7 Å². The van der Waals surface area contributed by atoms with Gasteiger partial charge >= 0.3 is 0 Å². The number of pyridine rings is 2. The predicted octanol–water partition coefficient (Wildman–Crippen LogP) is 9.53. The van der Waals surface area contributed by atoms with Crippen molar-refractivity contribution < 1.29 is 0 Å². The molecule has 0 bridgehead atoms. The van der Waals surface area contributed by atoms with Crippen LogP contribution in [0.5, 0.6) is 0 Å². The fourth-order valence-electron chi connectivity index (χ4n) is 7.25. The van der Waals surface area contributed by atoms with Crippen molar-refractivity contribution in [3.8, 4) is 45.0 Å². The summed E-state index contributed by atoms with van der Waals surface area (Å²) in [7, 11) is 0. The Morgan fingerprint density at radius 2 is 0.880 bits per heavy atom. The lowest BCUT2D eigenvalue weighted by molar-refractivity contribution is 0.338. The lowest BCUT2D eigenvalue weighted by atomic mass is 9.83. The summed E-state index contributed by atoms with van der Waals surface area (Å²) in [5.41, 5.74) is 7.55. The molecule has 0 amide bonds. The average molecular weight is 663 g/mol. The molecule has 8 nitrogen and oxygen atoms in total. The van der Waals surface area contributed by atoms with E-state index < -0.39 is 0 Å². The minimum atomic E-state index is -0.255. The zero-order chi connectivity index (χ0) is 35.6. The molecule has 50 heavy (non-hydrogen) atoms. The molecule has 8 heteroatoms. The molecule has 0 N–H and O–H groups in total. The number of aromatic nitrogens is 4. The maximum absolute atomic E-state index is 5.16. The summed E-state index contributed by atoms with van der Waals surface area (Å²) < 4.78 is 0. The standard InChI is InChI=1S/C42H46N8/c1-27-47-39(3,4)41(7,8)49(27)34-20-32(23-43-25-34)36-22-37(33-21-35(26-44-24-33)50-28(2)48-40(5,6)42(50,9)10)46-38(45-36)31-18-16-30(17-19-31)29-14-12-11-13-15-29/h11-26H,1-10H3. The highest BCUT2D eigenvalue weighted by Gasteiger charge is 2.49. The van der Waals surface area contributed by atoms with Crippen molar-refractivity contribution in [2.75, 3.05) is 9.80 Å². The van der Waals surface area contributed by atoms with Gasteiger partial charge in [-0.15, -0.1) is 0 Å². The number of anilines is 2. The number of benzene rings is 2. The molecule has 0 unspecified atom stereocenters. The molecule has 0 saturated carbocycles. The minimum absolute atomic E-state index is 0.245. The first-order valence-electron chi connectivity index (χ1n) is 17.3. The van der Waals surface area contributed by atoms with Crippen molar-refractivity contribution in [3.05, 3.63) is 97.6 Å². The van der Waals surface area contributed by atoms with E-state index in [1.54, 1.807) is 0 Å². The second-order valence-electron chi connectivity index (χ2n) is 15.5. The van der Waals surface area contributed by atoms with Crippen molar-refractivity contribution in [2.24, 2.45) is 9.98 Å². The van der Waals surface area contributed by atoms with Crippen LogP contribution in [0.3, 0.4) is 0 Å². The quantitative estimate of drug-likeness (QED) is 0.180. The summed E-state index contributed by atoms with van der Waals surface area (Å²) in [5.74, 6) is 2.57. The summed E-state index contributed by atoms with van der Waals surface area (Å²) >= 11 is 0. The average Bonchev–Trinajstić information content (AvgIpc) is 3.36. The van der Waals surface area contributed by atoms with E-state index in [1.807, 2.05) is 36.9 Å². The first kappa shape index (κ1) is 33.3. The van der Waals surface area contributed by atoms with Crippen LogP contribution in [0.2, 0.25) is 0 Å².